The molecule has 9 rings (SSSR count). The maximum Gasteiger partial charge on any atom is 0.145 e. The van der Waals surface area contributed by atoms with E-state index in [4.69, 9.17) is 4.98 Å². The molecule has 0 aliphatic heterocycles. The molecule has 0 amide bonds. The molecule has 5 aromatic carbocycles. The van der Waals surface area contributed by atoms with E-state index in [0.717, 1.165) is 71.7 Å². The van der Waals surface area contributed by atoms with E-state index >= 15 is 0 Å². The lowest BCUT2D eigenvalue weighted by atomic mass is 9.82. The second kappa shape index (κ2) is 11.5. The largest absolute Gasteiger partial charge is 0.331 e. The lowest BCUT2D eigenvalue weighted by molar-refractivity contribution is 0.440. The number of para-hydroxylation sites is 1. The molecule has 51 heavy (non-hydrogen) atoms. The average Bonchev–Trinajstić information content (AvgIpc) is 3.70. The average molecular weight is 653 g/mol. The van der Waals surface area contributed by atoms with Gasteiger partial charge in [0.25, 0.3) is 0 Å². The molecule has 0 radical (unpaired) electrons. The van der Waals surface area contributed by atoms with Gasteiger partial charge in [-0.05, 0) is 90.4 Å². The summed E-state index contributed by atoms with van der Waals surface area (Å²) in [5.41, 5.74) is 9.97. The number of hydrogen-bond donors (Lipinski definition) is 0. The third-order valence-corrected chi connectivity index (χ3v) is 10.2. The first kappa shape index (κ1) is 29.9. The van der Waals surface area contributed by atoms with E-state index in [1.165, 1.54) is 0 Å². The first-order valence-corrected chi connectivity index (χ1v) is 16.8. The normalized spacial score (nSPS) is 15.7. The van der Waals surface area contributed by atoms with Crippen molar-refractivity contribution < 1.29 is 0 Å². The number of aromatic nitrogens is 3. The summed E-state index contributed by atoms with van der Waals surface area (Å²) in [7, 11) is 0. The van der Waals surface area contributed by atoms with Gasteiger partial charge < -0.3 is 4.57 Å². The summed E-state index contributed by atoms with van der Waals surface area (Å²) in [6.45, 7) is 2.25. The van der Waals surface area contributed by atoms with E-state index in [-0.39, 0.29) is 0 Å². The highest BCUT2D eigenvalue weighted by atomic mass is 15.1. The summed E-state index contributed by atoms with van der Waals surface area (Å²) in [5.74, 6) is 0. The minimum Gasteiger partial charge on any atom is -0.331 e. The highest BCUT2D eigenvalue weighted by molar-refractivity contribution is 6.11. The first-order chi connectivity index (χ1) is 25.0. The Morgan fingerprint density at radius 3 is 1.94 bits per heavy atom. The Balaban J connectivity index is 1.38. The molecule has 238 valence electrons. The van der Waals surface area contributed by atoms with E-state index in [0.29, 0.717) is 23.1 Å². The molecule has 1 aliphatic carbocycles. The Kier molecular flexibility index (Phi) is 6.72. The van der Waals surface area contributed by atoms with Gasteiger partial charge in [-0.2, -0.15) is 15.8 Å². The standard InChI is InChI=1S/C45H28N6/c1-45(51-42-18-16-29(26-46)21-39(42)40-22-30(27-47)17-19-43(40)51)24-32(35-11-4-5-12-36(35)34-10-3-2-9-31(34)28-48)23-33(25-45)50-41-15-7-6-13-37(41)38-14-8-20-49-44(38)50/h2-24H,25H2,1H3. The molecule has 3 heterocycles. The number of rotatable bonds is 4. The lowest BCUT2D eigenvalue weighted by Gasteiger charge is -2.36. The van der Waals surface area contributed by atoms with Crippen LogP contribution in [0.5, 0.6) is 0 Å². The van der Waals surface area contributed by atoms with Crippen molar-refractivity contribution in [1.29, 1.82) is 15.8 Å². The monoisotopic (exact) mass is 652 g/mol. The maximum atomic E-state index is 10.1. The van der Waals surface area contributed by atoms with Crippen molar-refractivity contribution in [1.82, 2.24) is 14.1 Å². The predicted octanol–water partition coefficient (Wildman–Crippen LogP) is 10.3. The van der Waals surface area contributed by atoms with Crippen LogP contribution in [0, 0.1) is 34.0 Å². The molecule has 8 aromatic rings. The number of benzene rings is 5. The zero-order valence-electron chi connectivity index (χ0n) is 27.7. The number of fused-ring (bicyclic) bond motifs is 6. The predicted molar refractivity (Wildman–Crippen MR) is 203 cm³/mol. The van der Waals surface area contributed by atoms with Crippen molar-refractivity contribution in [2.24, 2.45) is 0 Å². The molecule has 0 fully saturated rings. The van der Waals surface area contributed by atoms with Crippen molar-refractivity contribution >= 4 is 55.0 Å². The Morgan fingerprint density at radius 2 is 1.24 bits per heavy atom. The summed E-state index contributed by atoms with van der Waals surface area (Å²) in [5, 5.41) is 33.9. The third kappa shape index (κ3) is 4.57. The van der Waals surface area contributed by atoms with E-state index in [1.807, 2.05) is 85.1 Å². The quantitative estimate of drug-likeness (QED) is 0.189. The molecule has 0 saturated carbocycles. The Labute approximate surface area is 294 Å². The Bertz CT molecular complexity index is 2830. The molecule has 6 nitrogen and oxygen atoms in total. The summed E-state index contributed by atoms with van der Waals surface area (Å²) in [4.78, 5) is 4.93. The summed E-state index contributed by atoms with van der Waals surface area (Å²) in [6.07, 6.45) is 7.07. The molecule has 1 unspecified atom stereocenters. The summed E-state index contributed by atoms with van der Waals surface area (Å²) >= 11 is 0. The van der Waals surface area contributed by atoms with Crippen LogP contribution in [0.4, 0.5) is 0 Å². The van der Waals surface area contributed by atoms with Gasteiger partial charge in [0.05, 0.1) is 46.0 Å². The molecule has 6 heteroatoms. The van der Waals surface area contributed by atoms with Crippen LogP contribution < -0.4 is 0 Å². The van der Waals surface area contributed by atoms with Crippen LogP contribution >= 0.6 is 0 Å². The number of nitrogens with zero attached hydrogens (tertiary/aromatic N) is 6. The minimum atomic E-state index is -0.629. The van der Waals surface area contributed by atoms with Crippen LogP contribution in [-0.4, -0.2) is 14.1 Å². The van der Waals surface area contributed by atoms with E-state index < -0.39 is 5.54 Å². The fraction of sp³-hybridized carbons (Fsp3) is 0.0667. The van der Waals surface area contributed by atoms with Crippen LogP contribution in [-0.2, 0) is 5.54 Å². The van der Waals surface area contributed by atoms with Crippen LogP contribution in [0.2, 0.25) is 0 Å². The van der Waals surface area contributed by atoms with Crippen LogP contribution in [0.3, 0.4) is 0 Å². The zero-order chi connectivity index (χ0) is 34.7. The van der Waals surface area contributed by atoms with Gasteiger partial charge >= 0.3 is 0 Å². The third-order valence-electron chi connectivity index (χ3n) is 10.2. The molecule has 0 bridgehead atoms. The molecule has 0 saturated heterocycles. The molecule has 1 atom stereocenters. The highest BCUT2D eigenvalue weighted by Crippen LogP contribution is 2.46. The second-order valence-electron chi connectivity index (χ2n) is 13.2. The van der Waals surface area contributed by atoms with Gasteiger partial charge in [0, 0.05) is 56.5 Å². The Morgan fingerprint density at radius 1 is 0.608 bits per heavy atom. The van der Waals surface area contributed by atoms with Crippen LogP contribution in [0.25, 0.3) is 66.1 Å². The molecular weight excluding hydrogens is 625 g/mol. The fourth-order valence-electron chi connectivity index (χ4n) is 8.05. The number of nitriles is 3. The van der Waals surface area contributed by atoms with Crippen LogP contribution in [0.15, 0.2) is 140 Å². The maximum absolute atomic E-state index is 10.1. The summed E-state index contributed by atoms with van der Waals surface area (Å²) in [6, 6.07) is 47.2. The van der Waals surface area contributed by atoms with Gasteiger partial charge in [-0.15, -0.1) is 0 Å². The van der Waals surface area contributed by atoms with Gasteiger partial charge in [-0.3, -0.25) is 4.57 Å². The lowest BCUT2D eigenvalue weighted by Crippen LogP contribution is -2.31. The van der Waals surface area contributed by atoms with E-state index in [1.54, 1.807) is 0 Å². The highest BCUT2D eigenvalue weighted by Gasteiger charge is 2.35. The molecule has 1 aliphatic rings. The Hall–Kier alpha value is -7.20. The second-order valence-corrected chi connectivity index (χ2v) is 13.2. The first-order valence-electron chi connectivity index (χ1n) is 16.8. The van der Waals surface area contributed by atoms with Gasteiger partial charge in [0.2, 0.25) is 0 Å². The molecular formula is C45H28N6. The van der Waals surface area contributed by atoms with Gasteiger partial charge in [-0.25, -0.2) is 4.98 Å². The van der Waals surface area contributed by atoms with Gasteiger partial charge in [0.15, 0.2) is 0 Å². The van der Waals surface area contributed by atoms with Crippen LogP contribution in [0.1, 0.15) is 35.6 Å². The van der Waals surface area contributed by atoms with Gasteiger partial charge in [0.1, 0.15) is 5.65 Å². The fourth-order valence-corrected chi connectivity index (χ4v) is 8.05. The smallest absolute Gasteiger partial charge is 0.145 e. The van der Waals surface area contributed by atoms with E-state index in [2.05, 4.69) is 88.9 Å². The van der Waals surface area contributed by atoms with E-state index in [9.17, 15) is 15.8 Å². The summed E-state index contributed by atoms with van der Waals surface area (Å²) < 4.78 is 4.65. The van der Waals surface area contributed by atoms with Crippen molar-refractivity contribution in [3.05, 3.63) is 162 Å². The van der Waals surface area contributed by atoms with Crippen molar-refractivity contribution in [3.63, 3.8) is 0 Å². The van der Waals surface area contributed by atoms with Crippen molar-refractivity contribution in [2.45, 2.75) is 18.9 Å². The van der Waals surface area contributed by atoms with Crippen molar-refractivity contribution in [2.75, 3.05) is 0 Å². The number of pyridine rings is 1. The zero-order valence-corrected chi connectivity index (χ0v) is 27.7. The minimum absolute atomic E-state index is 0.566. The van der Waals surface area contributed by atoms with Crippen molar-refractivity contribution in [3.8, 4) is 29.3 Å². The van der Waals surface area contributed by atoms with Gasteiger partial charge in [-0.1, -0.05) is 66.7 Å². The molecule has 0 N–H and O–H groups in total. The number of allylic oxidation sites excluding steroid dienone is 4. The SMILES string of the molecule is CC1(n2c3ccc(C#N)cc3c3cc(C#N)ccc32)C=C(c2ccccc2-c2ccccc2C#N)C=C(n2c3ccccc3c3cccnc32)C1. The topological polar surface area (TPSA) is 94.1 Å². The number of hydrogen-bond acceptors (Lipinski definition) is 4. The molecule has 0 spiro atoms. The molecule has 3 aromatic heterocycles.